The molecule has 0 spiro atoms. The topological polar surface area (TPSA) is 130 Å². The fourth-order valence-corrected chi connectivity index (χ4v) is 2.02. The molecule has 2 rings (SSSR count). The fourth-order valence-electron chi connectivity index (χ4n) is 2.02. The van der Waals surface area contributed by atoms with Crippen molar-refractivity contribution >= 4 is 11.8 Å². The van der Waals surface area contributed by atoms with Crippen molar-refractivity contribution in [3.8, 4) is 5.69 Å². The molecule has 0 fully saturated rings. The number of hydrogen-bond acceptors (Lipinski definition) is 5. The number of primary amides is 1. The van der Waals surface area contributed by atoms with Crippen LogP contribution >= 0.6 is 0 Å². The molecule has 8 heteroatoms. The van der Waals surface area contributed by atoms with Gasteiger partial charge in [-0.1, -0.05) is 12.1 Å². The average molecular weight is 318 g/mol. The quantitative estimate of drug-likeness (QED) is 0.557. The third kappa shape index (κ3) is 3.93. The first-order valence-electron chi connectivity index (χ1n) is 6.96. The van der Waals surface area contributed by atoms with Gasteiger partial charge in [0.05, 0.1) is 11.7 Å². The van der Waals surface area contributed by atoms with Gasteiger partial charge < -0.3 is 21.3 Å². The first-order valence-corrected chi connectivity index (χ1v) is 6.96. The van der Waals surface area contributed by atoms with Crippen LogP contribution in [0, 0.1) is 0 Å². The fraction of sp³-hybridized carbons (Fsp3) is 0.267. The highest BCUT2D eigenvalue weighted by atomic mass is 16.3. The van der Waals surface area contributed by atoms with Crippen LogP contribution in [0.1, 0.15) is 18.5 Å². The van der Waals surface area contributed by atoms with E-state index in [0.29, 0.717) is 0 Å². The first kappa shape index (κ1) is 16.7. The molecule has 8 nitrogen and oxygen atoms in total. The number of aliphatic hydroxyl groups excluding tert-OH is 2. The number of hydrogen-bond donors (Lipinski definition) is 4. The third-order valence-corrected chi connectivity index (χ3v) is 3.38. The van der Waals surface area contributed by atoms with Crippen LogP contribution < -0.4 is 11.1 Å². The minimum atomic E-state index is -1.94. The van der Waals surface area contributed by atoms with Crippen LogP contribution in [0.3, 0.4) is 0 Å². The second kappa shape index (κ2) is 7.03. The molecule has 122 valence electrons. The SMILES string of the molecule is C[C@@H](NC(=O)[C@H](O)[C@@H](O)C(N)=O)c1ccc(-n2cccn2)cc1. The summed E-state index contributed by atoms with van der Waals surface area (Å²) in [5, 5.41) is 25.5. The lowest BCUT2D eigenvalue weighted by molar-refractivity contribution is -0.144. The Bertz CT molecular complexity index is 669. The normalized spacial score (nSPS) is 14.7. The van der Waals surface area contributed by atoms with E-state index < -0.39 is 30.1 Å². The number of carbonyl (C=O) groups excluding carboxylic acids is 2. The molecule has 0 aliphatic heterocycles. The third-order valence-electron chi connectivity index (χ3n) is 3.38. The van der Waals surface area contributed by atoms with E-state index in [-0.39, 0.29) is 0 Å². The van der Waals surface area contributed by atoms with Crippen molar-refractivity contribution in [2.75, 3.05) is 0 Å². The summed E-state index contributed by atoms with van der Waals surface area (Å²) in [5.74, 6) is -2.04. The summed E-state index contributed by atoms with van der Waals surface area (Å²) in [6.07, 6.45) is -0.369. The first-order chi connectivity index (χ1) is 10.9. The summed E-state index contributed by atoms with van der Waals surface area (Å²) in [6, 6.07) is 8.66. The van der Waals surface area contributed by atoms with Crippen LogP contribution in [0.5, 0.6) is 0 Å². The number of nitrogens with zero attached hydrogens (tertiary/aromatic N) is 2. The maximum absolute atomic E-state index is 11.8. The van der Waals surface area contributed by atoms with Crippen LogP contribution in [0.2, 0.25) is 0 Å². The highest BCUT2D eigenvalue weighted by molar-refractivity contribution is 5.90. The molecule has 5 N–H and O–H groups in total. The van der Waals surface area contributed by atoms with Crippen molar-refractivity contribution in [2.24, 2.45) is 5.73 Å². The molecule has 1 aromatic carbocycles. The van der Waals surface area contributed by atoms with Crippen molar-refractivity contribution in [1.29, 1.82) is 0 Å². The molecule has 0 bridgehead atoms. The molecule has 0 saturated heterocycles. The van der Waals surface area contributed by atoms with Gasteiger partial charge in [0.25, 0.3) is 5.91 Å². The van der Waals surface area contributed by atoms with Crippen LogP contribution in [-0.4, -0.2) is 44.0 Å². The van der Waals surface area contributed by atoms with Crippen molar-refractivity contribution in [1.82, 2.24) is 15.1 Å². The predicted octanol–water partition coefficient (Wildman–Crippen LogP) is -0.743. The molecule has 3 atom stereocenters. The van der Waals surface area contributed by atoms with Crippen molar-refractivity contribution < 1.29 is 19.8 Å². The van der Waals surface area contributed by atoms with Crippen LogP contribution in [0.4, 0.5) is 0 Å². The van der Waals surface area contributed by atoms with Crippen molar-refractivity contribution in [3.05, 3.63) is 48.3 Å². The van der Waals surface area contributed by atoms with Gasteiger partial charge in [-0.2, -0.15) is 5.10 Å². The van der Waals surface area contributed by atoms with E-state index in [1.54, 1.807) is 29.9 Å². The lowest BCUT2D eigenvalue weighted by Gasteiger charge is -2.19. The number of aromatic nitrogens is 2. The molecule has 0 saturated carbocycles. The second-order valence-electron chi connectivity index (χ2n) is 5.06. The monoisotopic (exact) mass is 318 g/mol. The molecule has 23 heavy (non-hydrogen) atoms. The van der Waals surface area contributed by atoms with E-state index >= 15 is 0 Å². The molecular weight excluding hydrogens is 300 g/mol. The second-order valence-corrected chi connectivity index (χ2v) is 5.06. The number of nitrogens with one attached hydrogen (secondary N) is 1. The van der Waals surface area contributed by atoms with E-state index in [1.165, 1.54) is 0 Å². The average Bonchev–Trinajstić information content (AvgIpc) is 3.07. The number of rotatable bonds is 6. The zero-order valence-corrected chi connectivity index (χ0v) is 12.5. The van der Waals surface area contributed by atoms with Gasteiger partial charge in [-0.15, -0.1) is 0 Å². The van der Waals surface area contributed by atoms with Gasteiger partial charge >= 0.3 is 0 Å². The summed E-state index contributed by atoms with van der Waals surface area (Å²) in [5.41, 5.74) is 6.49. The molecule has 0 radical (unpaired) electrons. The minimum Gasteiger partial charge on any atom is -0.380 e. The Kier molecular flexibility index (Phi) is 5.09. The predicted molar refractivity (Wildman–Crippen MR) is 81.3 cm³/mol. The zero-order valence-electron chi connectivity index (χ0n) is 12.5. The summed E-state index contributed by atoms with van der Waals surface area (Å²) in [4.78, 5) is 22.6. The largest absolute Gasteiger partial charge is 0.380 e. The molecule has 0 unspecified atom stereocenters. The van der Waals surface area contributed by atoms with Gasteiger partial charge in [0, 0.05) is 12.4 Å². The number of aliphatic hydroxyl groups is 2. The summed E-state index contributed by atoms with van der Waals surface area (Å²) in [7, 11) is 0. The van der Waals surface area contributed by atoms with Crippen molar-refractivity contribution in [3.63, 3.8) is 0 Å². The molecule has 1 aromatic heterocycles. The maximum Gasteiger partial charge on any atom is 0.252 e. The Morgan fingerprint density at radius 2 is 1.87 bits per heavy atom. The van der Waals surface area contributed by atoms with E-state index in [0.717, 1.165) is 11.3 Å². The molecule has 0 aliphatic carbocycles. The Morgan fingerprint density at radius 3 is 2.39 bits per heavy atom. The van der Waals surface area contributed by atoms with E-state index in [2.05, 4.69) is 10.4 Å². The number of nitrogens with two attached hydrogens (primary N) is 1. The Balaban J connectivity index is 2.02. The minimum absolute atomic E-state index is 0.427. The zero-order chi connectivity index (χ0) is 17.0. The maximum atomic E-state index is 11.8. The Labute approximate surface area is 132 Å². The van der Waals surface area contributed by atoms with Crippen LogP contribution in [0.15, 0.2) is 42.7 Å². The highest BCUT2D eigenvalue weighted by Crippen LogP contribution is 2.15. The Morgan fingerprint density at radius 1 is 1.22 bits per heavy atom. The van der Waals surface area contributed by atoms with E-state index in [1.807, 2.05) is 24.4 Å². The van der Waals surface area contributed by atoms with Gasteiger partial charge in [0.1, 0.15) is 0 Å². The van der Waals surface area contributed by atoms with Gasteiger partial charge in [-0.25, -0.2) is 4.68 Å². The van der Waals surface area contributed by atoms with Crippen molar-refractivity contribution in [2.45, 2.75) is 25.2 Å². The van der Waals surface area contributed by atoms with Crippen LogP contribution in [0.25, 0.3) is 5.69 Å². The summed E-state index contributed by atoms with van der Waals surface area (Å²) < 4.78 is 1.69. The molecular formula is C15H18N4O4. The summed E-state index contributed by atoms with van der Waals surface area (Å²) in [6.45, 7) is 1.71. The number of amides is 2. The summed E-state index contributed by atoms with van der Waals surface area (Å²) >= 11 is 0. The highest BCUT2D eigenvalue weighted by Gasteiger charge is 2.29. The Hall–Kier alpha value is -2.71. The molecule has 2 aromatic rings. The van der Waals surface area contributed by atoms with Gasteiger partial charge in [0.2, 0.25) is 5.91 Å². The van der Waals surface area contributed by atoms with E-state index in [4.69, 9.17) is 5.73 Å². The molecule has 2 amide bonds. The lowest BCUT2D eigenvalue weighted by atomic mass is 10.1. The molecule has 1 heterocycles. The van der Waals surface area contributed by atoms with Gasteiger partial charge in [0.15, 0.2) is 12.2 Å². The van der Waals surface area contributed by atoms with E-state index in [9.17, 15) is 19.8 Å². The standard InChI is InChI=1S/C15H18N4O4/c1-9(18-15(23)13(21)12(20)14(16)22)10-3-5-11(6-4-10)19-8-2-7-17-19/h2-9,12-13,20-21H,1H3,(H2,16,22)(H,18,23)/t9-,12-,13-/m1/s1. The van der Waals surface area contributed by atoms with Gasteiger partial charge in [-0.05, 0) is 30.7 Å². The van der Waals surface area contributed by atoms with Crippen LogP contribution in [-0.2, 0) is 9.59 Å². The lowest BCUT2D eigenvalue weighted by Crippen LogP contribution is -2.48. The van der Waals surface area contributed by atoms with Gasteiger partial charge in [-0.3, -0.25) is 9.59 Å². The number of benzene rings is 1. The molecule has 0 aliphatic rings. The number of carbonyl (C=O) groups is 2. The smallest absolute Gasteiger partial charge is 0.252 e.